The minimum atomic E-state index is -0.587. The number of aliphatic hydroxyl groups excluding tert-OH is 1. The summed E-state index contributed by atoms with van der Waals surface area (Å²) in [5, 5.41) is 14.5. The van der Waals surface area contributed by atoms with Crippen molar-refractivity contribution in [3.8, 4) is 11.3 Å². The number of carbonyl (C=O) groups is 2. The molecule has 144 valence electrons. The number of fused-ring (bicyclic) bond motifs is 1. The lowest BCUT2D eigenvalue weighted by molar-refractivity contribution is -0.135. The summed E-state index contributed by atoms with van der Waals surface area (Å²) >= 11 is 6.07. The van der Waals surface area contributed by atoms with Crippen molar-refractivity contribution in [1.29, 1.82) is 0 Å². The smallest absolute Gasteiger partial charge is 0.252 e. The van der Waals surface area contributed by atoms with Crippen LogP contribution in [-0.4, -0.2) is 44.8 Å². The van der Waals surface area contributed by atoms with E-state index in [0.29, 0.717) is 40.6 Å². The van der Waals surface area contributed by atoms with E-state index in [2.05, 4.69) is 5.10 Å². The first-order valence-electron chi connectivity index (χ1n) is 8.76. The summed E-state index contributed by atoms with van der Waals surface area (Å²) in [4.78, 5) is 26.5. The normalized spacial score (nSPS) is 14.1. The average Bonchev–Trinajstić information content (AvgIpc) is 3.00. The Morgan fingerprint density at radius 3 is 2.70 bits per heavy atom. The van der Waals surface area contributed by atoms with Crippen molar-refractivity contribution in [1.82, 2.24) is 14.7 Å². The molecular formula is C19H23ClN4O3. The minimum absolute atomic E-state index is 0.0683. The van der Waals surface area contributed by atoms with E-state index in [9.17, 15) is 14.7 Å². The Morgan fingerprint density at radius 2 is 2.07 bits per heavy atom. The zero-order chi connectivity index (χ0) is 19.8. The Morgan fingerprint density at radius 1 is 1.33 bits per heavy atom. The quantitative estimate of drug-likeness (QED) is 0.815. The van der Waals surface area contributed by atoms with E-state index in [1.807, 2.05) is 19.9 Å². The number of aromatic nitrogens is 2. The molecule has 0 bridgehead atoms. The number of aliphatic hydroxyl groups is 1. The Kier molecular flexibility index (Phi) is 5.26. The maximum Gasteiger partial charge on any atom is 0.252 e. The van der Waals surface area contributed by atoms with Gasteiger partial charge in [-0.1, -0.05) is 37.6 Å². The number of hydrogen-bond acceptors (Lipinski definition) is 4. The molecule has 0 spiro atoms. The molecule has 0 unspecified atom stereocenters. The van der Waals surface area contributed by atoms with Crippen molar-refractivity contribution >= 4 is 23.4 Å². The maximum absolute atomic E-state index is 12.6. The minimum Gasteiger partial charge on any atom is -0.396 e. The molecule has 8 heteroatoms. The number of halogens is 1. The second-order valence-electron chi connectivity index (χ2n) is 7.58. The maximum atomic E-state index is 12.6. The number of hydrogen-bond donors (Lipinski definition) is 2. The van der Waals surface area contributed by atoms with Gasteiger partial charge >= 0.3 is 0 Å². The standard InChI is InChI=1S/C19H23ClN4O3/c1-19(2,11-25)9-15(26)23-6-7-24-14(10-23)16(18(21)27)17(22-24)12-4-3-5-13(20)8-12/h3-5,8,25H,6-7,9-11H2,1-2H3,(H2,21,27). The van der Waals surface area contributed by atoms with Crippen molar-refractivity contribution in [2.75, 3.05) is 13.2 Å². The van der Waals surface area contributed by atoms with Crippen LogP contribution in [-0.2, 0) is 17.9 Å². The molecule has 1 aromatic carbocycles. The molecule has 0 saturated carbocycles. The van der Waals surface area contributed by atoms with Crippen molar-refractivity contribution < 1.29 is 14.7 Å². The van der Waals surface area contributed by atoms with Gasteiger partial charge in [-0.25, -0.2) is 0 Å². The molecule has 2 aromatic rings. The molecule has 2 amide bonds. The van der Waals surface area contributed by atoms with Gasteiger partial charge in [-0.3, -0.25) is 14.3 Å². The van der Waals surface area contributed by atoms with E-state index in [0.717, 1.165) is 0 Å². The van der Waals surface area contributed by atoms with Crippen molar-refractivity contribution in [3.63, 3.8) is 0 Å². The van der Waals surface area contributed by atoms with Gasteiger partial charge < -0.3 is 15.7 Å². The molecule has 0 radical (unpaired) electrons. The van der Waals surface area contributed by atoms with Gasteiger partial charge in [0.05, 0.1) is 24.3 Å². The first-order chi connectivity index (χ1) is 12.7. The number of amides is 2. The largest absolute Gasteiger partial charge is 0.396 e. The van der Waals surface area contributed by atoms with Crippen LogP contribution in [0.1, 0.15) is 36.3 Å². The molecule has 0 atom stereocenters. The second kappa shape index (κ2) is 7.32. The molecule has 1 aliphatic heterocycles. The van der Waals surface area contributed by atoms with Crippen LogP contribution < -0.4 is 5.73 Å². The first-order valence-corrected chi connectivity index (χ1v) is 9.14. The monoisotopic (exact) mass is 390 g/mol. The average molecular weight is 391 g/mol. The van der Waals surface area contributed by atoms with Crippen LogP contribution in [0.15, 0.2) is 24.3 Å². The highest BCUT2D eigenvalue weighted by Crippen LogP contribution is 2.30. The second-order valence-corrected chi connectivity index (χ2v) is 8.02. The number of benzene rings is 1. The molecule has 27 heavy (non-hydrogen) atoms. The van der Waals surface area contributed by atoms with Crippen LogP contribution in [0.4, 0.5) is 0 Å². The van der Waals surface area contributed by atoms with Gasteiger partial charge in [0, 0.05) is 30.2 Å². The molecule has 7 nitrogen and oxygen atoms in total. The molecule has 0 aliphatic carbocycles. The highest BCUT2D eigenvalue weighted by molar-refractivity contribution is 6.30. The Labute approximate surface area is 162 Å². The fourth-order valence-electron chi connectivity index (χ4n) is 3.20. The van der Waals surface area contributed by atoms with Gasteiger partial charge in [-0.2, -0.15) is 5.10 Å². The third kappa shape index (κ3) is 3.99. The summed E-state index contributed by atoms with van der Waals surface area (Å²) < 4.78 is 1.73. The van der Waals surface area contributed by atoms with Crippen LogP contribution in [0.3, 0.4) is 0 Å². The van der Waals surface area contributed by atoms with Crippen molar-refractivity contribution in [2.24, 2.45) is 11.1 Å². The molecule has 0 fully saturated rings. The lowest BCUT2D eigenvalue weighted by atomic mass is 9.90. The van der Waals surface area contributed by atoms with E-state index in [4.69, 9.17) is 17.3 Å². The van der Waals surface area contributed by atoms with E-state index in [1.165, 1.54) is 0 Å². The van der Waals surface area contributed by atoms with Gasteiger partial charge in [0.2, 0.25) is 5.91 Å². The third-order valence-electron chi connectivity index (χ3n) is 4.73. The lowest BCUT2D eigenvalue weighted by Crippen LogP contribution is -2.41. The lowest BCUT2D eigenvalue weighted by Gasteiger charge is -2.31. The van der Waals surface area contributed by atoms with Crippen LogP contribution in [0.25, 0.3) is 11.3 Å². The summed E-state index contributed by atoms with van der Waals surface area (Å²) in [5.74, 6) is -0.655. The predicted molar refractivity (Wildman–Crippen MR) is 102 cm³/mol. The Balaban J connectivity index is 1.94. The van der Waals surface area contributed by atoms with Crippen LogP contribution in [0, 0.1) is 5.41 Å². The van der Waals surface area contributed by atoms with Gasteiger partial charge in [-0.05, 0) is 17.5 Å². The molecule has 3 N–H and O–H groups in total. The number of primary amides is 1. The molecular weight excluding hydrogens is 368 g/mol. The van der Waals surface area contributed by atoms with E-state index in [1.54, 1.807) is 27.8 Å². The van der Waals surface area contributed by atoms with E-state index >= 15 is 0 Å². The van der Waals surface area contributed by atoms with E-state index < -0.39 is 11.3 Å². The fraction of sp³-hybridized carbons (Fsp3) is 0.421. The Bertz CT molecular complexity index is 891. The first kappa shape index (κ1) is 19.4. The van der Waals surface area contributed by atoms with E-state index in [-0.39, 0.29) is 25.5 Å². The summed E-state index contributed by atoms with van der Waals surface area (Å²) in [6, 6.07) is 7.08. The molecule has 0 saturated heterocycles. The van der Waals surface area contributed by atoms with Crippen LogP contribution in [0.2, 0.25) is 5.02 Å². The summed E-state index contributed by atoms with van der Waals surface area (Å²) in [6.45, 7) is 4.82. The fourth-order valence-corrected chi connectivity index (χ4v) is 3.39. The predicted octanol–water partition coefficient (Wildman–Crippen LogP) is 2.05. The number of nitrogens with two attached hydrogens (primary N) is 1. The third-order valence-corrected chi connectivity index (χ3v) is 4.97. The van der Waals surface area contributed by atoms with Gasteiger partial charge in [0.15, 0.2) is 0 Å². The number of nitrogens with zero attached hydrogens (tertiary/aromatic N) is 3. The topological polar surface area (TPSA) is 101 Å². The van der Waals surface area contributed by atoms with Gasteiger partial charge in [0.1, 0.15) is 5.69 Å². The number of rotatable bonds is 5. The summed E-state index contributed by atoms with van der Waals surface area (Å²) in [6.07, 6.45) is 0.227. The summed E-state index contributed by atoms with van der Waals surface area (Å²) in [5.41, 5.74) is 7.27. The van der Waals surface area contributed by atoms with Crippen LogP contribution in [0.5, 0.6) is 0 Å². The van der Waals surface area contributed by atoms with Gasteiger partial charge in [0.25, 0.3) is 5.91 Å². The van der Waals surface area contributed by atoms with Crippen molar-refractivity contribution in [3.05, 3.63) is 40.5 Å². The zero-order valence-electron chi connectivity index (χ0n) is 15.4. The molecule has 1 aromatic heterocycles. The van der Waals surface area contributed by atoms with Gasteiger partial charge in [-0.15, -0.1) is 0 Å². The summed E-state index contributed by atoms with van der Waals surface area (Å²) in [7, 11) is 0. The molecule has 3 rings (SSSR count). The van der Waals surface area contributed by atoms with Crippen molar-refractivity contribution in [2.45, 2.75) is 33.4 Å². The molecule has 1 aliphatic rings. The number of carbonyl (C=O) groups excluding carboxylic acids is 2. The SMILES string of the molecule is CC(C)(CO)CC(=O)N1CCn2nc(-c3cccc(Cl)c3)c(C(N)=O)c2C1. The molecule has 2 heterocycles. The Hall–Kier alpha value is -2.38. The zero-order valence-corrected chi connectivity index (χ0v) is 16.2. The highest BCUT2D eigenvalue weighted by Gasteiger charge is 2.31. The van der Waals surface area contributed by atoms with Crippen LogP contribution >= 0.6 is 11.6 Å². The highest BCUT2D eigenvalue weighted by atomic mass is 35.5.